The summed E-state index contributed by atoms with van der Waals surface area (Å²) in [4.78, 5) is 17.0. The standard InChI is InChI=1S/C18H26N2O4/c1-13(24-15-7-8-16-17(10-15)23-12-22-16)18(21)20-9-5-4-6-14(20)11-19(2)3/h7-8,10,13-14H,4-6,9,11-12H2,1-3H3/t13-,14+/m1/s1. The zero-order valence-electron chi connectivity index (χ0n) is 14.7. The van der Waals surface area contributed by atoms with Crippen molar-refractivity contribution in [1.82, 2.24) is 9.80 Å². The van der Waals surface area contributed by atoms with Crippen molar-refractivity contribution in [3.63, 3.8) is 0 Å². The van der Waals surface area contributed by atoms with Gasteiger partial charge in [-0.2, -0.15) is 0 Å². The Hall–Kier alpha value is -1.95. The van der Waals surface area contributed by atoms with E-state index < -0.39 is 6.10 Å². The summed E-state index contributed by atoms with van der Waals surface area (Å²) >= 11 is 0. The Morgan fingerprint density at radius 3 is 2.92 bits per heavy atom. The molecule has 2 heterocycles. The van der Waals surface area contributed by atoms with Gasteiger partial charge in [0, 0.05) is 25.2 Å². The van der Waals surface area contributed by atoms with Crippen LogP contribution in [-0.4, -0.2) is 61.8 Å². The molecule has 0 N–H and O–H groups in total. The van der Waals surface area contributed by atoms with E-state index in [4.69, 9.17) is 14.2 Å². The molecule has 0 radical (unpaired) electrons. The molecule has 6 nitrogen and oxygen atoms in total. The molecule has 6 heteroatoms. The highest BCUT2D eigenvalue weighted by molar-refractivity contribution is 5.81. The van der Waals surface area contributed by atoms with Crippen LogP contribution in [0.25, 0.3) is 0 Å². The summed E-state index contributed by atoms with van der Waals surface area (Å²) in [7, 11) is 4.09. The molecule has 0 aromatic heterocycles. The summed E-state index contributed by atoms with van der Waals surface area (Å²) in [5, 5.41) is 0. The van der Waals surface area contributed by atoms with E-state index in [1.165, 1.54) is 6.42 Å². The smallest absolute Gasteiger partial charge is 0.263 e. The van der Waals surface area contributed by atoms with Crippen molar-refractivity contribution in [2.24, 2.45) is 0 Å². The van der Waals surface area contributed by atoms with Crippen LogP contribution in [0, 0.1) is 0 Å². The van der Waals surface area contributed by atoms with Crippen LogP contribution in [0.3, 0.4) is 0 Å². The summed E-state index contributed by atoms with van der Waals surface area (Å²) in [6, 6.07) is 5.67. The molecule has 2 aliphatic heterocycles. The number of ether oxygens (including phenoxy) is 3. The Labute approximate surface area is 143 Å². The maximum atomic E-state index is 12.9. The molecule has 1 aromatic rings. The zero-order valence-corrected chi connectivity index (χ0v) is 14.7. The molecule has 132 valence electrons. The van der Waals surface area contributed by atoms with Crippen molar-refractivity contribution in [2.45, 2.75) is 38.3 Å². The number of piperidine rings is 1. The van der Waals surface area contributed by atoms with Gasteiger partial charge in [-0.1, -0.05) is 0 Å². The molecule has 2 aliphatic rings. The van der Waals surface area contributed by atoms with E-state index in [1.807, 2.05) is 38.1 Å². The molecular weight excluding hydrogens is 308 g/mol. The maximum absolute atomic E-state index is 12.9. The van der Waals surface area contributed by atoms with Gasteiger partial charge in [-0.3, -0.25) is 4.79 Å². The Kier molecular flexibility index (Phi) is 5.14. The lowest BCUT2D eigenvalue weighted by Crippen LogP contribution is -2.52. The van der Waals surface area contributed by atoms with Crippen LogP contribution in [0.5, 0.6) is 17.2 Å². The predicted octanol–water partition coefficient (Wildman–Crippen LogP) is 2.13. The molecule has 2 atom stereocenters. The second-order valence-corrected chi connectivity index (χ2v) is 6.72. The average molecular weight is 334 g/mol. The normalized spacial score (nSPS) is 21.0. The van der Waals surface area contributed by atoms with E-state index in [0.29, 0.717) is 17.2 Å². The fraction of sp³-hybridized carbons (Fsp3) is 0.611. The zero-order chi connectivity index (χ0) is 17.1. The molecular formula is C18H26N2O4. The number of likely N-dealkylation sites (N-methyl/N-ethyl adjacent to an activating group) is 1. The van der Waals surface area contributed by atoms with E-state index in [-0.39, 0.29) is 18.7 Å². The molecule has 0 bridgehead atoms. The van der Waals surface area contributed by atoms with Gasteiger partial charge in [-0.05, 0) is 52.4 Å². The largest absolute Gasteiger partial charge is 0.481 e. The number of carbonyl (C=O) groups excluding carboxylic acids is 1. The molecule has 0 unspecified atom stereocenters. The highest BCUT2D eigenvalue weighted by atomic mass is 16.7. The Morgan fingerprint density at radius 1 is 1.33 bits per heavy atom. The van der Waals surface area contributed by atoms with Crippen molar-refractivity contribution >= 4 is 5.91 Å². The molecule has 1 amide bonds. The lowest BCUT2D eigenvalue weighted by atomic mass is 10.0. The molecule has 0 saturated carbocycles. The third-order valence-corrected chi connectivity index (χ3v) is 4.49. The number of hydrogen-bond donors (Lipinski definition) is 0. The minimum atomic E-state index is -0.520. The fourth-order valence-corrected chi connectivity index (χ4v) is 3.34. The van der Waals surface area contributed by atoms with Gasteiger partial charge < -0.3 is 24.0 Å². The van der Waals surface area contributed by atoms with Gasteiger partial charge in [0.2, 0.25) is 6.79 Å². The lowest BCUT2D eigenvalue weighted by Gasteiger charge is -2.38. The van der Waals surface area contributed by atoms with Crippen molar-refractivity contribution in [3.8, 4) is 17.2 Å². The van der Waals surface area contributed by atoms with E-state index in [1.54, 1.807) is 6.07 Å². The second-order valence-electron chi connectivity index (χ2n) is 6.72. The Balaban J connectivity index is 1.64. The minimum absolute atomic E-state index is 0.0548. The predicted molar refractivity (Wildman–Crippen MR) is 90.6 cm³/mol. The number of fused-ring (bicyclic) bond motifs is 1. The van der Waals surface area contributed by atoms with E-state index in [0.717, 1.165) is 25.9 Å². The molecule has 0 aliphatic carbocycles. The molecule has 24 heavy (non-hydrogen) atoms. The maximum Gasteiger partial charge on any atom is 0.263 e. The average Bonchev–Trinajstić information content (AvgIpc) is 3.02. The molecule has 0 spiro atoms. The minimum Gasteiger partial charge on any atom is -0.481 e. The van der Waals surface area contributed by atoms with E-state index in [9.17, 15) is 4.79 Å². The van der Waals surface area contributed by atoms with Crippen LogP contribution >= 0.6 is 0 Å². The second kappa shape index (κ2) is 7.30. The van der Waals surface area contributed by atoms with Crippen LogP contribution in [-0.2, 0) is 4.79 Å². The van der Waals surface area contributed by atoms with Gasteiger partial charge in [0.05, 0.1) is 0 Å². The molecule has 1 saturated heterocycles. The molecule has 1 fully saturated rings. The van der Waals surface area contributed by atoms with Gasteiger partial charge in [-0.25, -0.2) is 0 Å². The number of nitrogens with zero attached hydrogens (tertiary/aromatic N) is 2. The van der Waals surface area contributed by atoms with Gasteiger partial charge in [0.15, 0.2) is 17.6 Å². The molecule has 1 aromatic carbocycles. The topological polar surface area (TPSA) is 51.2 Å². The van der Waals surface area contributed by atoms with Crippen molar-refractivity contribution < 1.29 is 19.0 Å². The van der Waals surface area contributed by atoms with Crippen molar-refractivity contribution in [1.29, 1.82) is 0 Å². The number of carbonyl (C=O) groups is 1. The first-order valence-corrected chi connectivity index (χ1v) is 8.56. The summed E-state index contributed by atoms with van der Waals surface area (Å²) < 4.78 is 16.5. The SMILES string of the molecule is C[C@@H](Oc1ccc2c(c1)OCO2)C(=O)N1CCCC[C@H]1CN(C)C. The summed E-state index contributed by atoms with van der Waals surface area (Å²) in [5.41, 5.74) is 0. The van der Waals surface area contributed by atoms with E-state index >= 15 is 0 Å². The summed E-state index contributed by atoms with van der Waals surface area (Å²) in [6.07, 6.45) is 2.78. The molecule has 3 rings (SSSR count). The fourth-order valence-electron chi connectivity index (χ4n) is 3.34. The lowest BCUT2D eigenvalue weighted by molar-refractivity contribution is -0.142. The van der Waals surface area contributed by atoms with Crippen LogP contribution in [0.4, 0.5) is 0 Å². The monoisotopic (exact) mass is 334 g/mol. The van der Waals surface area contributed by atoms with Gasteiger partial charge in [0.1, 0.15) is 5.75 Å². The number of benzene rings is 1. The first kappa shape index (κ1) is 16.9. The van der Waals surface area contributed by atoms with Crippen LogP contribution in [0.1, 0.15) is 26.2 Å². The van der Waals surface area contributed by atoms with Crippen LogP contribution in [0.2, 0.25) is 0 Å². The van der Waals surface area contributed by atoms with Crippen LogP contribution < -0.4 is 14.2 Å². The number of hydrogen-bond acceptors (Lipinski definition) is 5. The van der Waals surface area contributed by atoms with E-state index in [2.05, 4.69) is 4.90 Å². The van der Waals surface area contributed by atoms with Crippen molar-refractivity contribution in [3.05, 3.63) is 18.2 Å². The Morgan fingerprint density at radius 2 is 2.12 bits per heavy atom. The first-order valence-electron chi connectivity index (χ1n) is 8.56. The first-order chi connectivity index (χ1) is 11.5. The number of likely N-dealkylation sites (tertiary alicyclic amines) is 1. The van der Waals surface area contributed by atoms with Gasteiger partial charge >= 0.3 is 0 Å². The van der Waals surface area contributed by atoms with Crippen LogP contribution in [0.15, 0.2) is 18.2 Å². The summed E-state index contributed by atoms with van der Waals surface area (Å²) in [6.45, 7) is 3.75. The van der Waals surface area contributed by atoms with Crippen molar-refractivity contribution in [2.75, 3.05) is 34.0 Å². The highest BCUT2D eigenvalue weighted by Gasteiger charge is 2.31. The highest BCUT2D eigenvalue weighted by Crippen LogP contribution is 2.35. The van der Waals surface area contributed by atoms with Gasteiger partial charge in [-0.15, -0.1) is 0 Å². The third-order valence-electron chi connectivity index (χ3n) is 4.49. The summed E-state index contributed by atoms with van der Waals surface area (Å²) in [5.74, 6) is 2.06. The quantitative estimate of drug-likeness (QED) is 0.826. The third kappa shape index (κ3) is 3.75. The number of rotatable bonds is 5. The number of amides is 1. The van der Waals surface area contributed by atoms with Gasteiger partial charge in [0.25, 0.3) is 5.91 Å². The Bertz CT molecular complexity index is 590.